The number of nitrogen functional groups attached to an aromatic ring is 1. The first-order valence-corrected chi connectivity index (χ1v) is 7.94. The summed E-state index contributed by atoms with van der Waals surface area (Å²) in [6, 6.07) is 3.17. The van der Waals surface area contributed by atoms with Gasteiger partial charge in [0.1, 0.15) is 4.90 Å². The van der Waals surface area contributed by atoms with Gasteiger partial charge in [-0.2, -0.15) is 0 Å². The highest BCUT2D eigenvalue weighted by atomic mass is 32.2. The van der Waals surface area contributed by atoms with Crippen molar-refractivity contribution in [2.45, 2.75) is 30.7 Å². The molecular weight excluding hydrogens is 296 g/mol. The number of carbonyl (C=O) groups is 1. The molecule has 0 aliphatic heterocycles. The van der Waals surface area contributed by atoms with Crippen LogP contribution in [0.3, 0.4) is 0 Å². The van der Waals surface area contributed by atoms with Crippen LogP contribution in [0.15, 0.2) is 23.1 Å². The maximum absolute atomic E-state index is 12.3. The summed E-state index contributed by atoms with van der Waals surface area (Å²) in [5, 5.41) is 8.85. The fourth-order valence-corrected chi connectivity index (χ4v) is 3.30. The first-order valence-electron chi connectivity index (χ1n) is 6.46. The van der Waals surface area contributed by atoms with Gasteiger partial charge in [-0.05, 0) is 24.6 Å². The van der Waals surface area contributed by atoms with Crippen LogP contribution in [0.2, 0.25) is 0 Å². The summed E-state index contributed by atoms with van der Waals surface area (Å²) in [6.07, 6.45) is 1.42. The quantitative estimate of drug-likeness (QED) is 0.617. The molecule has 0 aliphatic carbocycles. The number of anilines is 1. The Hall–Kier alpha value is -1.64. The zero-order chi connectivity index (χ0) is 16.0. The van der Waals surface area contributed by atoms with Crippen molar-refractivity contribution in [2.24, 2.45) is 0 Å². The van der Waals surface area contributed by atoms with Crippen molar-refractivity contribution < 1.29 is 23.1 Å². The minimum Gasteiger partial charge on any atom is -0.478 e. The molecule has 0 heterocycles. The van der Waals surface area contributed by atoms with E-state index in [1.165, 1.54) is 19.2 Å². The molecule has 1 rings (SSSR count). The summed E-state index contributed by atoms with van der Waals surface area (Å²) in [6.45, 7) is 2.19. The van der Waals surface area contributed by atoms with E-state index in [2.05, 4.69) is 4.72 Å². The Balaban J connectivity index is 3.04. The molecule has 0 aliphatic rings. The number of benzene rings is 1. The first-order chi connectivity index (χ1) is 9.81. The molecule has 1 unspecified atom stereocenters. The van der Waals surface area contributed by atoms with E-state index in [0.717, 1.165) is 12.5 Å². The third-order valence-corrected chi connectivity index (χ3v) is 4.47. The molecule has 0 aromatic heterocycles. The van der Waals surface area contributed by atoms with Crippen molar-refractivity contribution in [1.82, 2.24) is 4.72 Å². The number of sulfonamides is 1. The second kappa shape index (κ2) is 7.39. The molecule has 0 fully saturated rings. The van der Waals surface area contributed by atoms with E-state index in [-0.39, 0.29) is 28.8 Å². The molecule has 0 amide bonds. The Morgan fingerprint density at radius 3 is 2.62 bits per heavy atom. The van der Waals surface area contributed by atoms with E-state index in [1.54, 1.807) is 0 Å². The maximum Gasteiger partial charge on any atom is 0.335 e. The van der Waals surface area contributed by atoms with Gasteiger partial charge >= 0.3 is 5.97 Å². The lowest BCUT2D eigenvalue weighted by atomic mass is 10.2. The molecule has 1 atom stereocenters. The second-order valence-electron chi connectivity index (χ2n) is 4.62. The lowest BCUT2D eigenvalue weighted by Crippen LogP contribution is -2.38. The van der Waals surface area contributed by atoms with Crippen LogP contribution in [-0.4, -0.2) is 39.3 Å². The Labute approximate surface area is 124 Å². The molecule has 0 spiro atoms. The van der Waals surface area contributed by atoms with Crippen molar-refractivity contribution in [3.05, 3.63) is 23.8 Å². The Morgan fingerprint density at radius 1 is 1.48 bits per heavy atom. The monoisotopic (exact) mass is 316 g/mol. The van der Waals surface area contributed by atoms with E-state index in [1.807, 2.05) is 6.92 Å². The topological polar surface area (TPSA) is 119 Å². The Bertz CT molecular complexity index is 595. The maximum atomic E-state index is 12.3. The standard InChI is InChI=1S/C13H20N2O5S/c1-3-4-10(8-20-2)15-21(18,19)12-6-5-9(13(16)17)7-11(12)14/h5-7,10,15H,3-4,8,14H2,1-2H3,(H,16,17). The zero-order valence-corrected chi connectivity index (χ0v) is 12.8. The number of hydrogen-bond acceptors (Lipinski definition) is 5. The van der Waals surface area contributed by atoms with Gasteiger partial charge in [-0.25, -0.2) is 17.9 Å². The van der Waals surface area contributed by atoms with Crippen molar-refractivity contribution in [3.63, 3.8) is 0 Å². The number of nitrogens with one attached hydrogen (secondary N) is 1. The third kappa shape index (κ3) is 4.69. The van der Waals surface area contributed by atoms with Crippen LogP contribution >= 0.6 is 0 Å². The van der Waals surface area contributed by atoms with Crippen LogP contribution in [0.5, 0.6) is 0 Å². The van der Waals surface area contributed by atoms with Gasteiger partial charge in [0.15, 0.2) is 0 Å². The lowest BCUT2D eigenvalue weighted by molar-refractivity contribution is 0.0697. The normalized spacial score (nSPS) is 13.0. The van der Waals surface area contributed by atoms with Crippen LogP contribution in [0, 0.1) is 0 Å². The summed E-state index contributed by atoms with van der Waals surface area (Å²) < 4.78 is 32.1. The van der Waals surface area contributed by atoms with Gasteiger partial charge in [-0.1, -0.05) is 13.3 Å². The van der Waals surface area contributed by atoms with E-state index in [0.29, 0.717) is 6.42 Å². The molecule has 118 valence electrons. The Kier molecular flexibility index (Phi) is 6.13. The smallest absolute Gasteiger partial charge is 0.335 e. The van der Waals surface area contributed by atoms with E-state index < -0.39 is 16.0 Å². The van der Waals surface area contributed by atoms with Gasteiger partial charge in [0, 0.05) is 13.2 Å². The predicted molar refractivity (Wildman–Crippen MR) is 78.7 cm³/mol. The minimum absolute atomic E-state index is 0.0616. The summed E-state index contributed by atoms with van der Waals surface area (Å²) in [7, 11) is -2.33. The molecule has 21 heavy (non-hydrogen) atoms. The van der Waals surface area contributed by atoms with Crippen LogP contribution < -0.4 is 10.5 Å². The molecule has 1 aromatic carbocycles. The van der Waals surface area contributed by atoms with Crippen molar-refractivity contribution in [3.8, 4) is 0 Å². The molecule has 0 bridgehead atoms. The summed E-state index contributed by atoms with van der Waals surface area (Å²) >= 11 is 0. The van der Waals surface area contributed by atoms with E-state index in [9.17, 15) is 13.2 Å². The molecule has 1 aromatic rings. The lowest BCUT2D eigenvalue weighted by Gasteiger charge is -2.18. The van der Waals surface area contributed by atoms with Crippen LogP contribution in [0.1, 0.15) is 30.1 Å². The molecule has 0 radical (unpaired) electrons. The van der Waals surface area contributed by atoms with Crippen molar-refractivity contribution >= 4 is 21.7 Å². The number of nitrogens with two attached hydrogens (primary N) is 1. The number of rotatable bonds is 8. The number of hydrogen-bond donors (Lipinski definition) is 3. The highest BCUT2D eigenvalue weighted by molar-refractivity contribution is 7.89. The van der Waals surface area contributed by atoms with Crippen molar-refractivity contribution in [2.75, 3.05) is 19.5 Å². The highest BCUT2D eigenvalue weighted by Crippen LogP contribution is 2.20. The SMILES string of the molecule is CCCC(COC)NS(=O)(=O)c1ccc(C(=O)O)cc1N. The highest BCUT2D eigenvalue weighted by Gasteiger charge is 2.22. The average molecular weight is 316 g/mol. The van der Waals surface area contributed by atoms with Gasteiger partial charge in [-0.15, -0.1) is 0 Å². The number of carboxylic acids is 1. The largest absolute Gasteiger partial charge is 0.478 e. The van der Waals surface area contributed by atoms with Gasteiger partial charge in [0.05, 0.1) is 17.9 Å². The van der Waals surface area contributed by atoms with E-state index in [4.69, 9.17) is 15.6 Å². The van der Waals surface area contributed by atoms with Gasteiger partial charge in [0.2, 0.25) is 10.0 Å². The van der Waals surface area contributed by atoms with Gasteiger partial charge in [-0.3, -0.25) is 0 Å². The number of carboxylic acid groups (broad SMARTS) is 1. The number of ether oxygens (including phenoxy) is 1. The predicted octanol–water partition coefficient (Wildman–Crippen LogP) is 1.06. The fraction of sp³-hybridized carbons (Fsp3) is 0.462. The number of methoxy groups -OCH3 is 1. The van der Waals surface area contributed by atoms with Gasteiger partial charge in [0.25, 0.3) is 0 Å². The van der Waals surface area contributed by atoms with E-state index >= 15 is 0 Å². The fourth-order valence-electron chi connectivity index (χ4n) is 1.94. The minimum atomic E-state index is -3.82. The molecule has 8 heteroatoms. The molecular formula is C13H20N2O5S. The first kappa shape index (κ1) is 17.4. The average Bonchev–Trinajstić information content (AvgIpc) is 2.38. The van der Waals surface area contributed by atoms with Crippen LogP contribution in [-0.2, 0) is 14.8 Å². The molecule has 7 nitrogen and oxygen atoms in total. The summed E-state index contributed by atoms with van der Waals surface area (Å²) in [4.78, 5) is 10.7. The van der Waals surface area contributed by atoms with Crippen LogP contribution in [0.25, 0.3) is 0 Å². The molecule has 0 saturated carbocycles. The summed E-state index contributed by atoms with van der Waals surface area (Å²) in [5.41, 5.74) is 5.49. The zero-order valence-electron chi connectivity index (χ0n) is 12.0. The third-order valence-electron chi connectivity index (χ3n) is 2.87. The molecule has 0 saturated heterocycles. The van der Waals surface area contributed by atoms with Gasteiger partial charge < -0.3 is 15.6 Å². The van der Waals surface area contributed by atoms with Crippen LogP contribution in [0.4, 0.5) is 5.69 Å². The Morgan fingerprint density at radius 2 is 2.14 bits per heavy atom. The molecule has 4 N–H and O–H groups in total. The van der Waals surface area contributed by atoms with Crippen molar-refractivity contribution in [1.29, 1.82) is 0 Å². The summed E-state index contributed by atoms with van der Waals surface area (Å²) in [5.74, 6) is -1.16. The second-order valence-corrected chi connectivity index (χ2v) is 6.30. The number of aromatic carboxylic acids is 1.